The Morgan fingerprint density at radius 1 is 0.846 bits per heavy atom. The number of hydrogen-bond acceptors (Lipinski definition) is 6. The van der Waals surface area contributed by atoms with E-state index in [0.29, 0.717) is 30.5 Å². The predicted molar refractivity (Wildman–Crippen MR) is 150 cm³/mol. The maximum Gasteiger partial charge on any atom is 0.415 e. The van der Waals surface area contributed by atoms with Gasteiger partial charge in [-0.2, -0.15) is 0 Å². The molecular weight excluding hydrogens is 490 g/mol. The van der Waals surface area contributed by atoms with Gasteiger partial charge >= 0.3 is 6.09 Å². The lowest BCUT2D eigenvalue weighted by molar-refractivity contribution is 0.0930. The van der Waals surface area contributed by atoms with Crippen LogP contribution in [0.4, 0.5) is 4.79 Å². The Bertz CT molecular complexity index is 1360. The number of hydrogen-bond donors (Lipinski definition) is 0. The van der Waals surface area contributed by atoms with Gasteiger partial charge in [0.05, 0.1) is 0 Å². The number of rotatable bonds is 8. The summed E-state index contributed by atoms with van der Waals surface area (Å²) < 4.78 is 17.5. The molecule has 7 heteroatoms. The van der Waals surface area contributed by atoms with Crippen molar-refractivity contribution in [3.63, 3.8) is 0 Å². The summed E-state index contributed by atoms with van der Waals surface area (Å²) in [5.74, 6) is 2.59. The van der Waals surface area contributed by atoms with Gasteiger partial charge in [-0.25, -0.2) is 9.78 Å². The van der Waals surface area contributed by atoms with Gasteiger partial charge in [0.15, 0.2) is 0 Å². The molecule has 39 heavy (non-hydrogen) atoms. The van der Waals surface area contributed by atoms with E-state index in [0.717, 1.165) is 48.4 Å². The molecule has 3 heterocycles. The van der Waals surface area contributed by atoms with E-state index in [9.17, 15) is 4.79 Å². The molecule has 0 saturated carbocycles. The molecular formula is C32H33N3O4. The second-order valence-corrected chi connectivity index (χ2v) is 9.83. The minimum atomic E-state index is -0.323. The maximum atomic E-state index is 12.7. The first kappa shape index (κ1) is 26.2. The monoisotopic (exact) mass is 523 g/mol. The van der Waals surface area contributed by atoms with Crippen LogP contribution in [0.15, 0.2) is 85.1 Å². The average molecular weight is 524 g/mol. The van der Waals surface area contributed by atoms with E-state index >= 15 is 0 Å². The summed E-state index contributed by atoms with van der Waals surface area (Å²) in [5.41, 5.74) is 4.38. The van der Waals surface area contributed by atoms with E-state index in [1.54, 1.807) is 11.1 Å². The third kappa shape index (κ3) is 7.57. The molecule has 1 aliphatic heterocycles. The molecule has 0 radical (unpaired) electrons. The van der Waals surface area contributed by atoms with Crippen LogP contribution in [0.1, 0.15) is 35.4 Å². The number of benzene rings is 2. The van der Waals surface area contributed by atoms with Gasteiger partial charge in [-0.05, 0) is 86.3 Å². The molecule has 1 fully saturated rings. The van der Waals surface area contributed by atoms with Crippen LogP contribution in [-0.2, 0) is 12.8 Å². The molecule has 1 amide bonds. The van der Waals surface area contributed by atoms with Crippen LogP contribution in [0, 0.1) is 13.8 Å². The quantitative estimate of drug-likeness (QED) is 0.255. The third-order valence-corrected chi connectivity index (χ3v) is 6.68. The lowest BCUT2D eigenvalue weighted by atomic mass is 10.1. The summed E-state index contributed by atoms with van der Waals surface area (Å²) in [5, 5.41) is 0. The van der Waals surface area contributed by atoms with Gasteiger partial charge in [-0.15, -0.1) is 0 Å². The Labute approximate surface area is 229 Å². The fourth-order valence-electron chi connectivity index (χ4n) is 4.47. The first-order valence-corrected chi connectivity index (χ1v) is 13.4. The van der Waals surface area contributed by atoms with Gasteiger partial charge in [0.1, 0.15) is 23.4 Å². The standard InChI is InChI=1S/C32H33N3O4/c1-23-6-17-31(33-22-23)38-28-15-13-27(14-16-28)37-30-18-20-35(21-19-30)32(36)39-29-11-8-25(9-12-29)7-10-26-5-3-4-24(2)34-26/h3-6,8-9,11-17,22,30H,7,10,18-21H2,1-2H3. The normalized spacial score (nSPS) is 13.6. The molecule has 0 unspecified atom stereocenters. The number of pyridine rings is 2. The van der Waals surface area contributed by atoms with Gasteiger partial charge in [-0.1, -0.05) is 24.3 Å². The summed E-state index contributed by atoms with van der Waals surface area (Å²) in [6.07, 6.45) is 4.74. The van der Waals surface area contributed by atoms with E-state index in [-0.39, 0.29) is 12.2 Å². The first-order chi connectivity index (χ1) is 19.0. The molecule has 1 aliphatic rings. The summed E-state index contributed by atoms with van der Waals surface area (Å²) in [6.45, 7) is 5.17. The number of ether oxygens (including phenoxy) is 3. The van der Waals surface area contributed by atoms with E-state index < -0.39 is 0 Å². The molecule has 200 valence electrons. The van der Waals surface area contributed by atoms with Crippen molar-refractivity contribution in [1.29, 1.82) is 0 Å². The van der Waals surface area contributed by atoms with Crippen molar-refractivity contribution >= 4 is 6.09 Å². The van der Waals surface area contributed by atoms with Crippen molar-refractivity contribution in [2.45, 2.75) is 45.6 Å². The minimum absolute atomic E-state index is 0.0433. The van der Waals surface area contributed by atoms with E-state index in [1.165, 1.54) is 5.56 Å². The van der Waals surface area contributed by atoms with Gasteiger partial charge in [0.2, 0.25) is 5.88 Å². The maximum absolute atomic E-state index is 12.7. The van der Waals surface area contributed by atoms with E-state index in [4.69, 9.17) is 14.2 Å². The Kier molecular flexibility index (Phi) is 8.36. The second kappa shape index (κ2) is 12.4. The van der Waals surface area contributed by atoms with Crippen molar-refractivity contribution in [3.05, 3.63) is 108 Å². The van der Waals surface area contributed by atoms with Crippen LogP contribution < -0.4 is 14.2 Å². The lowest BCUT2D eigenvalue weighted by Gasteiger charge is -2.31. The highest BCUT2D eigenvalue weighted by Gasteiger charge is 2.25. The van der Waals surface area contributed by atoms with E-state index in [1.807, 2.05) is 92.7 Å². The summed E-state index contributed by atoms with van der Waals surface area (Å²) in [6, 6.07) is 25.1. The Balaban J connectivity index is 1.04. The number of nitrogens with zero attached hydrogens (tertiary/aromatic N) is 3. The van der Waals surface area contributed by atoms with Gasteiger partial charge in [0, 0.05) is 49.6 Å². The van der Waals surface area contributed by atoms with Crippen LogP contribution in [-0.4, -0.2) is 40.2 Å². The molecule has 0 spiro atoms. The van der Waals surface area contributed by atoms with Crippen LogP contribution in [0.5, 0.6) is 23.1 Å². The largest absolute Gasteiger partial charge is 0.490 e. The van der Waals surface area contributed by atoms with Crippen LogP contribution in [0.25, 0.3) is 0 Å². The van der Waals surface area contributed by atoms with Crippen molar-refractivity contribution in [2.24, 2.45) is 0 Å². The second-order valence-electron chi connectivity index (χ2n) is 9.83. The topological polar surface area (TPSA) is 73.8 Å². The molecule has 2 aromatic carbocycles. The van der Waals surface area contributed by atoms with Crippen molar-refractivity contribution < 1.29 is 19.0 Å². The molecule has 7 nitrogen and oxygen atoms in total. The zero-order valence-electron chi connectivity index (χ0n) is 22.4. The first-order valence-electron chi connectivity index (χ1n) is 13.4. The SMILES string of the molecule is Cc1ccc(Oc2ccc(OC3CCN(C(=O)Oc4ccc(CCc5cccc(C)n5)cc4)CC3)cc2)nc1. The predicted octanol–water partition coefficient (Wildman–Crippen LogP) is 6.71. The number of carbonyl (C=O) groups is 1. The highest BCUT2D eigenvalue weighted by Crippen LogP contribution is 2.25. The Hall–Kier alpha value is -4.39. The summed E-state index contributed by atoms with van der Waals surface area (Å²) >= 11 is 0. The molecule has 4 aromatic rings. The van der Waals surface area contributed by atoms with Crippen LogP contribution in [0.3, 0.4) is 0 Å². The fourth-order valence-corrected chi connectivity index (χ4v) is 4.47. The third-order valence-electron chi connectivity index (χ3n) is 6.68. The zero-order chi connectivity index (χ0) is 27.0. The number of likely N-dealkylation sites (tertiary alicyclic amines) is 1. The molecule has 1 saturated heterocycles. The number of piperidine rings is 1. The van der Waals surface area contributed by atoms with Gasteiger partial charge in [0.25, 0.3) is 0 Å². The van der Waals surface area contributed by atoms with Crippen molar-refractivity contribution in [1.82, 2.24) is 14.9 Å². The zero-order valence-corrected chi connectivity index (χ0v) is 22.4. The van der Waals surface area contributed by atoms with Crippen molar-refractivity contribution in [3.8, 4) is 23.1 Å². The number of amides is 1. The molecule has 0 bridgehead atoms. The number of carbonyl (C=O) groups excluding carboxylic acids is 1. The number of aromatic nitrogens is 2. The average Bonchev–Trinajstić information content (AvgIpc) is 2.95. The van der Waals surface area contributed by atoms with Gasteiger partial charge in [-0.3, -0.25) is 4.98 Å². The highest BCUT2D eigenvalue weighted by atomic mass is 16.6. The smallest absolute Gasteiger partial charge is 0.415 e. The van der Waals surface area contributed by atoms with Crippen LogP contribution in [0.2, 0.25) is 0 Å². The lowest BCUT2D eigenvalue weighted by Crippen LogP contribution is -2.43. The minimum Gasteiger partial charge on any atom is -0.490 e. The molecule has 0 atom stereocenters. The Morgan fingerprint density at radius 3 is 2.26 bits per heavy atom. The summed E-state index contributed by atoms with van der Waals surface area (Å²) in [7, 11) is 0. The Morgan fingerprint density at radius 2 is 1.56 bits per heavy atom. The van der Waals surface area contributed by atoms with Gasteiger partial charge < -0.3 is 19.1 Å². The van der Waals surface area contributed by atoms with Crippen LogP contribution >= 0.6 is 0 Å². The van der Waals surface area contributed by atoms with Crippen molar-refractivity contribution in [2.75, 3.05) is 13.1 Å². The fraction of sp³-hybridized carbons (Fsp3) is 0.281. The number of aryl methyl sites for hydroxylation is 4. The molecule has 0 N–H and O–H groups in total. The molecule has 2 aromatic heterocycles. The van der Waals surface area contributed by atoms with E-state index in [2.05, 4.69) is 9.97 Å². The summed E-state index contributed by atoms with van der Waals surface area (Å²) in [4.78, 5) is 23.3. The molecule has 5 rings (SSSR count). The molecule has 0 aliphatic carbocycles. The highest BCUT2D eigenvalue weighted by molar-refractivity contribution is 5.70.